The van der Waals surface area contributed by atoms with Gasteiger partial charge in [0.25, 0.3) is 0 Å². The normalized spacial score (nSPS) is 14.3. The molecule has 1 saturated carbocycles. The lowest BCUT2D eigenvalue weighted by atomic mass is 9.88. The van der Waals surface area contributed by atoms with Gasteiger partial charge in [-0.3, -0.25) is 0 Å². The van der Waals surface area contributed by atoms with E-state index < -0.39 is 0 Å². The number of hydrogen-bond acceptors (Lipinski definition) is 0. The van der Waals surface area contributed by atoms with Crippen molar-refractivity contribution in [1.29, 1.82) is 0 Å². The van der Waals surface area contributed by atoms with E-state index in [4.69, 9.17) is 0 Å². The van der Waals surface area contributed by atoms with Gasteiger partial charge in [-0.25, -0.2) is 0 Å². The lowest BCUT2D eigenvalue weighted by Crippen LogP contribution is -1.97. The largest absolute Gasteiger partial charge is 0.102 e. The van der Waals surface area contributed by atoms with Gasteiger partial charge in [0.1, 0.15) is 0 Å². The van der Waals surface area contributed by atoms with Crippen molar-refractivity contribution in [3.63, 3.8) is 0 Å². The topological polar surface area (TPSA) is 0 Å². The summed E-state index contributed by atoms with van der Waals surface area (Å²) in [5, 5.41) is 0. The van der Waals surface area contributed by atoms with Gasteiger partial charge in [0, 0.05) is 5.57 Å². The summed E-state index contributed by atoms with van der Waals surface area (Å²) in [6.45, 7) is 14.7. The van der Waals surface area contributed by atoms with E-state index >= 15 is 0 Å². The highest BCUT2D eigenvalue weighted by atomic mass is 14.3. The van der Waals surface area contributed by atoms with Crippen LogP contribution in [0.2, 0.25) is 0 Å². The Morgan fingerprint density at radius 3 is 2.15 bits per heavy atom. The molecule has 1 aliphatic carbocycles. The molecule has 3 rings (SSSR count). The van der Waals surface area contributed by atoms with Gasteiger partial charge in [0.2, 0.25) is 0 Å². The molecule has 2 aromatic carbocycles. The van der Waals surface area contributed by atoms with Crippen LogP contribution in [0.25, 0.3) is 22.3 Å². The lowest BCUT2D eigenvalue weighted by molar-refractivity contribution is 1.06. The predicted octanol–water partition coefficient (Wildman–Crippen LogP) is 7.21. The molecule has 0 aliphatic heterocycles. The number of allylic oxidation sites excluding steroid dienone is 3. The fourth-order valence-corrected chi connectivity index (χ4v) is 3.63. The van der Waals surface area contributed by atoms with Crippen molar-refractivity contribution >= 4 is 11.1 Å². The predicted molar refractivity (Wildman–Crippen MR) is 115 cm³/mol. The van der Waals surface area contributed by atoms with Crippen LogP contribution < -0.4 is 0 Å². The molecule has 0 N–H and O–H groups in total. The Balaban J connectivity index is 2.04. The van der Waals surface area contributed by atoms with E-state index in [0.29, 0.717) is 5.92 Å². The Morgan fingerprint density at radius 1 is 0.962 bits per heavy atom. The molecule has 1 aliphatic rings. The first-order valence-electron chi connectivity index (χ1n) is 9.44. The average molecular weight is 341 g/mol. The second-order valence-corrected chi connectivity index (χ2v) is 7.46. The molecule has 0 radical (unpaired) electrons. The van der Waals surface area contributed by atoms with Crippen molar-refractivity contribution < 1.29 is 0 Å². The third kappa shape index (κ3) is 3.54. The van der Waals surface area contributed by atoms with E-state index in [9.17, 15) is 0 Å². The Morgan fingerprint density at radius 2 is 1.62 bits per heavy atom. The van der Waals surface area contributed by atoms with Crippen LogP contribution in [0.4, 0.5) is 0 Å². The fraction of sp³-hybridized carbons (Fsp3) is 0.308. The highest BCUT2D eigenvalue weighted by Crippen LogP contribution is 2.41. The zero-order chi connectivity index (χ0) is 18.8. The Hall–Kier alpha value is -2.52. The van der Waals surface area contributed by atoms with E-state index in [2.05, 4.69) is 75.6 Å². The summed E-state index contributed by atoms with van der Waals surface area (Å²) in [6.07, 6.45) is 2.57. The lowest BCUT2D eigenvalue weighted by Gasteiger charge is -2.16. The van der Waals surface area contributed by atoms with Gasteiger partial charge in [0.15, 0.2) is 0 Å². The Kier molecular flexibility index (Phi) is 5.19. The third-order valence-corrected chi connectivity index (χ3v) is 5.53. The minimum absolute atomic E-state index is 0.677. The summed E-state index contributed by atoms with van der Waals surface area (Å²) in [5.41, 5.74) is 11.6. The highest BCUT2D eigenvalue weighted by molar-refractivity contribution is 5.79. The molecule has 0 spiro atoms. The SMILES string of the molecule is C=C(C)c1ccc(-c2ccc(/C(C)=C(/C#CC)C3CC3)c(C)c2C)cc1. The number of rotatable bonds is 4. The van der Waals surface area contributed by atoms with Crippen LogP contribution in [0.15, 0.2) is 48.6 Å². The zero-order valence-electron chi connectivity index (χ0n) is 16.7. The Bertz CT molecular complexity index is 936. The first kappa shape index (κ1) is 18.3. The molecular weight excluding hydrogens is 312 g/mol. The number of hydrogen-bond donors (Lipinski definition) is 0. The van der Waals surface area contributed by atoms with Gasteiger partial charge >= 0.3 is 0 Å². The third-order valence-electron chi connectivity index (χ3n) is 5.53. The molecule has 0 heteroatoms. The summed E-state index contributed by atoms with van der Waals surface area (Å²) in [7, 11) is 0. The molecule has 2 aromatic rings. The van der Waals surface area contributed by atoms with Crippen molar-refractivity contribution in [2.45, 2.75) is 47.5 Å². The molecule has 0 aromatic heterocycles. The van der Waals surface area contributed by atoms with Crippen molar-refractivity contribution in [3.05, 3.63) is 70.8 Å². The average Bonchev–Trinajstić information content (AvgIpc) is 3.46. The maximum atomic E-state index is 4.03. The van der Waals surface area contributed by atoms with Gasteiger partial charge in [0.05, 0.1) is 0 Å². The molecule has 0 unspecified atom stereocenters. The van der Waals surface area contributed by atoms with Crippen LogP contribution >= 0.6 is 0 Å². The Labute approximate surface area is 158 Å². The van der Waals surface area contributed by atoms with Crippen LogP contribution in [0.1, 0.15) is 55.9 Å². The molecular formula is C26H28. The summed E-state index contributed by atoms with van der Waals surface area (Å²) in [4.78, 5) is 0. The van der Waals surface area contributed by atoms with Crippen LogP contribution in [0.3, 0.4) is 0 Å². The quantitative estimate of drug-likeness (QED) is 0.516. The maximum Gasteiger partial charge on any atom is 0.00863 e. The second-order valence-electron chi connectivity index (χ2n) is 7.46. The van der Waals surface area contributed by atoms with Crippen molar-refractivity contribution in [1.82, 2.24) is 0 Å². The molecule has 0 bridgehead atoms. The maximum absolute atomic E-state index is 4.03. The van der Waals surface area contributed by atoms with E-state index in [-0.39, 0.29) is 0 Å². The van der Waals surface area contributed by atoms with Crippen LogP contribution in [0, 0.1) is 31.6 Å². The molecule has 0 atom stereocenters. The van der Waals surface area contributed by atoms with E-state index in [1.807, 2.05) is 13.8 Å². The minimum Gasteiger partial charge on any atom is -0.102 e. The van der Waals surface area contributed by atoms with Gasteiger partial charge < -0.3 is 0 Å². The number of benzene rings is 2. The molecule has 132 valence electrons. The molecule has 0 nitrogen and oxygen atoms in total. The monoisotopic (exact) mass is 340 g/mol. The molecule has 0 saturated heterocycles. The van der Waals surface area contributed by atoms with Gasteiger partial charge in [-0.05, 0) is 92.3 Å². The van der Waals surface area contributed by atoms with Crippen molar-refractivity contribution in [2.75, 3.05) is 0 Å². The smallest absolute Gasteiger partial charge is 0.00863 e. The first-order chi connectivity index (χ1) is 12.4. The van der Waals surface area contributed by atoms with Crippen molar-refractivity contribution in [3.8, 4) is 23.0 Å². The van der Waals surface area contributed by atoms with E-state index in [0.717, 1.165) is 5.57 Å². The molecule has 0 amide bonds. The molecule has 1 fully saturated rings. The summed E-state index contributed by atoms with van der Waals surface area (Å²) >= 11 is 0. The summed E-state index contributed by atoms with van der Waals surface area (Å²) in [5.74, 6) is 7.16. The van der Waals surface area contributed by atoms with E-state index in [1.54, 1.807) is 0 Å². The van der Waals surface area contributed by atoms with Gasteiger partial charge in [-0.2, -0.15) is 0 Å². The zero-order valence-corrected chi connectivity index (χ0v) is 16.7. The van der Waals surface area contributed by atoms with Crippen LogP contribution in [0.5, 0.6) is 0 Å². The molecule has 0 heterocycles. The minimum atomic E-state index is 0.677. The summed E-state index contributed by atoms with van der Waals surface area (Å²) < 4.78 is 0. The van der Waals surface area contributed by atoms with E-state index in [1.165, 1.54) is 57.4 Å². The standard InChI is InChI=1S/C26H28/c1-7-8-25(22-13-14-22)20(6)24-15-16-26(19(5)18(24)4)23-11-9-21(10-12-23)17(2)3/h9-12,15-16,22H,2,13-14H2,1,3-6H3/b25-20-. The summed E-state index contributed by atoms with van der Waals surface area (Å²) in [6, 6.07) is 13.3. The van der Waals surface area contributed by atoms with Gasteiger partial charge in [-0.15, -0.1) is 5.92 Å². The second kappa shape index (κ2) is 7.38. The van der Waals surface area contributed by atoms with Gasteiger partial charge in [-0.1, -0.05) is 54.5 Å². The van der Waals surface area contributed by atoms with Crippen LogP contribution in [-0.4, -0.2) is 0 Å². The highest BCUT2D eigenvalue weighted by Gasteiger charge is 2.27. The fourth-order valence-electron chi connectivity index (χ4n) is 3.63. The first-order valence-corrected chi connectivity index (χ1v) is 9.44. The van der Waals surface area contributed by atoms with Crippen molar-refractivity contribution in [2.24, 2.45) is 5.92 Å². The molecule has 26 heavy (non-hydrogen) atoms. The van der Waals surface area contributed by atoms with Crippen LogP contribution in [-0.2, 0) is 0 Å².